The van der Waals surface area contributed by atoms with E-state index < -0.39 is 11.7 Å². The van der Waals surface area contributed by atoms with Crippen LogP contribution in [-0.4, -0.2) is 88.9 Å². The Morgan fingerprint density at radius 1 is 1.02 bits per heavy atom. The molecule has 1 spiro atoms. The zero-order valence-corrected chi connectivity index (χ0v) is 25.3. The van der Waals surface area contributed by atoms with Crippen LogP contribution in [0.1, 0.15) is 39.6 Å². The number of nitrogens with two attached hydrogens (primary N) is 1. The number of carbonyl (C=O) groups excluding carboxylic acids is 2. The summed E-state index contributed by atoms with van der Waals surface area (Å²) in [7, 11) is 1.57. The van der Waals surface area contributed by atoms with Gasteiger partial charge in [-0.3, -0.25) is 14.3 Å². The number of rotatable bonds is 9. The van der Waals surface area contributed by atoms with Crippen LogP contribution in [0, 0.1) is 0 Å². The molecule has 2 aromatic heterocycles. The number of benzene rings is 2. The van der Waals surface area contributed by atoms with Crippen LogP contribution in [0.5, 0.6) is 5.75 Å². The van der Waals surface area contributed by atoms with Crippen molar-refractivity contribution >= 4 is 35.0 Å². The van der Waals surface area contributed by atoms with Crippen molar-refractivity contribution in [2.75, 3.05) is 57.3 Å². The van der Waals surface area contributed by atoms with E-state index in [1.807, 2.05) is 29.1 Å². The lowest BCUT2D eigenvalue weighted by Gasteiger charge is -2.44. The number of hydrogen-bond acceptors (Lipinski definition) is 11. The highest BCUT2D eigenvalue weighted by Gasteiger charge is 2.53. The molecule has 0 bridgehead atoms. The highest BCUT2D eigenvalue weighted by Crippen LogP contribution is 2.48. The molecule has 1 unspecified atom stereocenters. The second-order valence-corrected chi connectivity index (χ2v) is 11.2. The predicted molar refractivity (Wildman–Crippen MR) is 167 cm³/mol. The summed E-state index contributed by atoms with van der Waals surface area (Å²) in [5, 5.41) is 11.0. The van der Waals surface area contributed by atoms with Crippen LogP contribution < -0.4 is 21.1 Å². The average Bonchev–Trinajstić information content (AvgIpc) is 3.77. The van der Waals surface area contributed by atoms with Crippen LogP contribution in [0.15, 0.2) is 61.1 Å². The molecule has 14 nitrogen and oxygen atoms in total. The highest BCUT2D eigenvalue weighted by molar-refractivity contribution is 5.98. The summed E-state index contributed by atoms with van der Waals surface area (Å²) in [6, 6.07) is 12.7. The van der Waals surface area contributed by atoms with Gasteiger partial charge in [-0.05, 0) is 36.8 Å². The summed E-state index contributed by atoms with van der Waals surface area (Å²) in [6.07, 6.45) is 6.85. The maximum atomic E-state index is 12.8. The molecule has 4 N–H and O–H groups in total. The second-order valence-electron chi connectivity index (χ2n) is 11.2. The van der Waals surface area contributed by atoms with Crippen molar-refractivity contribution in [1.82, 2.24) is 24.6 Å². The monoisotopic (exact) mass is 626 g/mol. The highest BCUT2D eigenvalue weighted by atomic mass is 16.7. The molecule has 14 heteroatoms. The molecule has 1 saturated carbocycles. The fourth-order valence-corrected chi connectivity index (χ4v) is 6.00. The van der Waals surface area contributed by atoms with E-state index in [1.54, 1.807) is 42.5 Å². The maximum Gasteiger partial charge on any atom is 0.254 e. The van der Waals surface area contributed by atoms with E-state index >= 15 is 0 Å². The van der Waals surface area contributed by atoms with Gasteiger partial charge in [0.15, 0.2) is 5.79 Å². The Bertz CT molecular complexity index is 1750. The quantitative estimate of drug-likeness (QED) is 0.249. The van der Waals surface area contributed by atoms with E-state index in [9.17, 15) is 9.59 Å². The smallest absolute Gasteiger partial charge is 0.254 e. The van der Waals surface area contributed by atoms with Crippen molar-refractivity contribution in [2.45, 2.75) is 24.7 Å². The van der Waals surface area contributed by atoms with Crippen LogP contribution in [-0.2, 0) is 14.2 Å². The Hall–Kier alpha value is -5.05. The fourth-order valence-electron chi connectivity index (χ4n) is 6.00. The van der Waals surface area contributed by atoms with Crippen LogP contribution in [0.4, 0.5) is 23.1 Å². The van der Waals surface area contributed by atoms with Crippen molar-refractivity contribution in [1.29, 1.82) is 0 Å². The lowest BCUT2D eigenvalue weighted by molar-refractivity contribution is -0.242. The number of hydrogen-bond donors (Lipinski definition) is 3. The molecular weight excluding hydrogens is 592 g/mol. The number of ether oxygens (including phenoxy) is 4. The van der Waals surface area contributed by atoms with Gasteiger partial charge in [0, 0.05) is 54.3 Å². The number of nitrogens with zero attached hydrogens (tertiary/aromatic N) is 5. The van der Waals surface area contributed by atoms with Gasteiger partial charge in [0.05, 0.1) is 45.4 Å². The summed E-state index contributed by atoms with van der Waals surface area (Å²) in [5.74, 6) is -0.381. The molecular formula is C32H34N8O6. The number of nitrogens with one attached hydrogen (secondary N) is 2. The van der Waals surface area contributed by atoms with Crippen LogP contribution in [0.2, 0.25) is 0 Å². The zero-order valence-electron chi connectivity index (χ0n) is 25.3. The first-order valence-corrected chi connectivity index (χ1v) is 15.1. The largest absolute Gasteiger partial charge is 0.494 e. The van der Waals surface area contributed by atoms with Gasteiger partial charge < -0.3 is 40.2 Å². The number of para-hydroxylation sites is 1. The van der Waals surface area contributed by atoms with E-state index in [0.29, 0.717) is 62.2 Å². The number of primary amides is 1. The molecule has 1 aliphatic carbocycles. The van der Waals surface area contributed by atoms with Gasteiger partial charge in [-0.25, -0.2) is 4.98 Å². The number of morpholine rings is 1. The molecule has 3 fully saturated rings. The molecule has 238 valence electrons. The van der Waals surface area contributed by atoms with Gasteiger partial charge in [0.25, 0.3) is 11.8 Å². The summed E-state index contributed by atoms with van der Waals surface area (Å²) < 4.78 is 24.9. The van der Waals surface area contributed by atoms with Crippen molar-refractivity contribution in [3.63, 3.8) is 0 Å². The minimum atomic E-state index is -0.692. The first-order valence-electron chi connectivity index (χ1n) is 15.1. The fraction of sp³-hybridized carbons (Fsp3) is 0.344. The van der Waals surface area contributed by atoms with E-state index in [0.717, 1.165) is 24.0 Å². The SMILES string of the molecule is COc1c(Nc2nc(Nc3ccc(C(=O)N4CCOCC4)cc3)ncc2C(N)=O)cccc1-c1cnn(C2CCC23OCCO3)c1. The Morgan fingerprint density at radius 2 is 1.80 bits per heavy atom. The average molecular weight is 627 g/mol. The van der Waals surface area contributed by atoms with Crippen LogP contribution in [0.3, 0.4) is 0 Å². The molecule has 2 saturated heterocycles. The van der Waals surface area contributed by atoms with Gasteiger partial charge in [-0.1, -0.05) is 12.1 Å². The third-order valence-corrected chi connectivity index (χ3v) is 8.49. The van der Waals surface area contributed by atoms with Crippen molar-refractivity contribution in [3.05, 3.63) is 72.2 Å². The predicted octanol–water partition coefficient (Wildman–Crippen LogP) is 3.49. The van der Waals surface area contributed by atoms with E-state index in [4.69, 9.17) is 24.7 Å². The number of aromatic nitrogens is 4. The summed E-state index contributed by atoms with van der Waals surface area (Å²) >= 11 is 0. The van der Waals surface area contributed by atoms with Gasteiger partial charge in [-0.15, -0.1) is 0 Å². The molecule has 7 rings (SSSR count). The number of methoxy groups -OCH3 is 1. The van der Waals surface area contributed by atoms with Crippen molar-refractivity contribution < 1.29 is 28.5 Å². The van der Waals surface area contributed by atoms with Crippen molar-refractivity contribution in [2.24, 2.45) is 5.73 Å². The standard InChI is InChI=1S/C32H34N8O6/c1-43-27-23(21-17-35-40(19-21)26-9-10-32(26)45-15-16-46-32)3-2-4-25(27)37-29-24(28(33)41)18-34-31(38-29)36-22-7-5-20(6-8-22)30(42)39-11-13-44-14-12-39/h2-8,17-19,26H,9-16H2,1H3,(H2,33,41)(H2,34,36,37,38). The third-order valence-electron chi connectivity index (χ3n) is 8.49. The van der Waals surface area contributed by atoms with Crippen LogP contribution >= 0.6 is 0 Å². The Morgan fingerprint density at radius 3 is 2.50 bits per heavy atom. The Balaban J connectivity index is 1.11. The molecule has 1 atom stereocenters. The third kappa shape index (κ3) is 5.62. The van der Waals surface area contributed by atoms with E-state index in [-0.39, 0.29) is 29.3 Å². The summed E-state index contributed by atoms with van der Waals surface area (Å²) in [5.41, 5.74) is 9.22. The first kappa shape index (κ1) is 29.6. The minimum absolute atomic E-state index is 0.00239. The van der Waals surface area contributed by atoms with Gasteiger partial charge in [-0.2, -0.15) is 10.1 Å². The van der Waals surface area contributed by atoms with Crippen LogP contribution in [0.25, 0.3) is 11.1 Å². The lowest BCUT2D eigenvalue weighted by Crippen LogP contribution is -2.49. The normalized spacial score (nSPS) is 18.6. The molecule has 2 amide bonds. The first-order chi connectivity index (χ1) is 22.4. The zero-order chi connectivity index (χ0) is 31.7. The molecule has 2 aromatic carbocycles. The summed E-state index contributed by atoms with van der Waals surface area (Å²) in [6.45, 7) is 3.38. The van der Waals surface area contributed by atoms with E-state index in [1.165, 1.54) is 6.20 Å². The summed E-state index contributed by atoms with van der Waals surface area (Å²) in [4.78, 5) is 35.8. The van der Waals surface area contributed by atoms with Gasteiger partial charge >= 0.3 is 0 Å². The topological polar surface area (TPSA) is 168 Å². The molecule has 4 heterocycles. The van der Waals surface area contributed by atoms with Gasteiger partial charge in [0.1, 0.15) is 23.2 Å². The molecule has 0 radical (unpaired) electrons. The van der Waals surface area contributed by atoms with Crippen molar-refractivity contribution in [3.8, 4) is 16.9 Å². The number of carbonyl (C=O) groups is 2. The molecule has 3 aliphatic rings. The Kier molecular flexibility index (Phi) is 7.98. The molecule has 2 aliphatic heterocycles. The van der Waals surface area contributed by atoms with E-state index in [2.05, 4.69) is 25.7 Å². The second kappa shape index (κ2) is 12.4. The molecule has 4 aromatic rings. The number of anilines is 4. The number of amides is 2. The minimum Gasteiger partial charge on any atom is -0.494 e. The molecule has 46 heavy (non-hydrogen) atoms. The van der Waals surface area contributed by atoms with Gasteiger partial charge in [0.2, 0.25) is 5.95 Å². The Labute approximate surface area is 264 Å². The lowest BCUT2D eigenvalue weighted by atomic mass is 9.85. The maximum absolute atomic E-state index is 12.8.